The Kier molecular flexibility index (Phi) is 4.28. The molecule has 30 heavy (non-hydrogen) atoms. The fourth-order valence-corrected chi connectivity index (χ4v) is 3.69. The zero-order valence-corrected chi connectivity index (χ0v) is 16.2. The van der Waals surface area contributed by atoms with Crippen molar-refractivity contribution in [2.24, 2.45) is 7.05 Å². The van der Waals surface area contributed by atoms with Crippen LogP contribution in [-0.4, -0.2) is 25.0 Å². The summed E-state index contributed by atoms with van der Waals surface area (Å²) in [5.74, 6) is -0.619. The van der Waals surface area contributed by atoms with Crippen LogP contribution in [0.2, 0.25) is 0 Å². The molecule has 0 aliphatic heterocycles. The number of hydrogen-bond donors (Lipinski definition) is 1. The number of fused-ring (bicyclic) bond motifs is 2. The molecular weight excluding hydrogens is 381 g/mol. The summed E-state index contributed by atoms with van der Waals surface area (Å²) >= 11 is 0. The van der Waals surface area contributed by atoms with Gasteiger partial charge in [-0.05, 0) is 54.1 Å². The molecule has 0 spiro atoms. The number of rotatable bonds is 4. The highest BCUT2D eigenvalue weighted by atomic mass is 19.1. The number of carbonyl (C=O) groups is 1. The third-order valence-corrected chi connectivity index (χ3v) is 5.15. The van der Waals surface area contributed by atoms with Crippen molar-refractivity contribution in [3.05, 3.63) is 90.4 Å². The first-order valence-electron chi connectivity index (χ1n) is 9.48. The molecule has 0 atom stereocenters. The first kappa shape index (κ1) is 18.1. The molecule has 0 bridgehead atoms. The molecular formula is C23H18FN5O. The predicted octanol–water partition coefficient (Wildman–Crippen LogP) is 4.36. The van der Waals surface area contributed by atoms with Crippen molar-refractivity contribution in [1.29, 1.82) is 0 Å². The average molecular weight is 399 g/mol. The van der Waals surface area contributed by atoms with Crippen molar-refractivity contribution in [3.8, 4) is 0 Å². The second-order valence-electron chi connectivity index (χ2n) is 7.19. The monoisotopic (exact) mass is 399 g/mol. The first-order chi connectivity index (χ1) is 14.6. The smallest absolute Gasteiger partial charge is 0.272 e. The Morgan fingerprint density at radius 3 is 2.73 bits per heavy atom. The number of nitrogens with zero attached hydrogens (tertiary/aromatic N) is 4. The summed E-state index contributed by atoms with van der Waals surface area (Å²) < 4.78 is 17.6. The molecule has 5 aromatic rings. The van der Waals surface area contributed by atoms with Gasteiger partial charge in [-0.25, -0.2) is 9.37 Å². The second kappa shape index (κ2) is 7.11. The minimum atomic E-state index is -0.339. The summed E-state index contributed by atoms with van der Waals surface area (Å²) in [7, 11) is 1.92. The van der Waals surface area contributed by atoms with Crippen molar-refractivity contribution in [2.45, 2.75) is 6.54 Å². The van der Waals surface area contributed by atoms with Crippen LogP contribution in [0.5, 0.6) is 0 Å². The van der Waals surface area contributed by atoms with Gasteiger partial charge in [0.2, 0.25) is 0 Å². The van der Waals surface area contributed by atoms with Gasteiger partial charge in [-0.1, -0.05) is 0 Å². The fraction of sp³-hybridized carbons (Fsp3) is 0.0870. The zero-order chi connectivity index (χ0) is 20.7. The molecule has 1 amide bonds. The van der Waals surface area contributed by atoms with Gasteiger partial charge in [0.25, 0.3) is 5.91 Å². The van der Waals surface area contributed by atoms with Gasteiger partial charge in [0, 0.05) is 48.5 Å². The van der Waals surface area contributed by atoms with Crippen molar-refractivity contribution in [2.75, 3.05) is 5.32 Å². The third-order valence-electron chi connectivity index (χ3n) is 5.15. The molecule has 0 aliphatic rings. The molecule has 148 valence electrons. The highest BCUT2D eigenvalue weighted by Gasteiger charge is 2.17. The van der Waals surface area contributed by atoms with Gasteiger partial charge in [0.15, 0.2) is 0 Å². The maximum Gasteiger partial charge on any atom is 0.272 e. The van der Waals surface area contributed by atoms with E-state index in [0.29, 0.717) is 23.3 Å². The molecule has 0 saturated carbocycles. The normalized spacial score (nSPS) is 11.3. The Morgan fingerprint density at radius 1 is 1.07 bits per heavy atom. The van der Waals surface area contributed by atoms with Crippen LogP contribution in [0.4, 0.5) is 10.1 Å². The Labute approximate surface area is 171 Å². The molecule has 4 aromatic heterocycles. The molecule has 1 N–H and O–H groups in total. The van der Waals surface area contributed by atoms with Crippen LogP contribution in [0.25, 0.3) is 21.9 Å². The summed E-state index contributed by atoms with van der Waals surface area (Å²) in [6.07, 6.45) is 6.97. The number of benzene rings is 1. The minimum Gasteiger partial charge on any atom is -0.336 e. The highest BCUT2D eigenvalue weighted by molar-refractivity contribution is 6.07. The van der Waals surface area contributed by atoms with Crippen LogP contribution >= 0.6 is 0 Å². The Hall–Kier alpha value is -4.00. The quantitative estimate of drug-likeness (QED) is 0.488. The van der Waals surface area contributed by atoms with E-state index >= 15 is 0 Å². The number of hydrogen-bond acceptors (Lipinski definition) is 3. The van der Waals surface area contributed by atoms with Crippen LogP contribution in [0.3, 0.4) is 0 Å². The molecule has 1 aromatic carbocycles. The summed E-state index contributed by atoms with van der Waals surface area (Å²) in [5.41, 5.74) is 3.67. The van der Waals surface area contributed by atoms with E-state index in [1.165, 1.54) is 12.1 Å². The Morgan fingerprint density at radius 2 is 1.90 bits per heavy atom. The number of aryl methyl sites for hydroxylation is 1. The van der Waals surface area contributed by atoms with Gasteiger partial charge in [-0.3, -0.25) is 9.78 Å². The van der Waals surface area contributed by atoms with E-state index < -0.39 is 0 Å². The van der Waals surface area contributed by atoms with Gasteiger partial charge in [0.1, 0.15) is 17.2 Å². The van der Waals surface area contributed by atoms with Crippen molar-refractivity contribution in [3.63, 3.8) is 0 Å². The largest absolute Gasteiger partial charge is 0.336 e. The standard InChI is InChI=1S/C23H18FN5O/c1-28-9-6-16-11-19(13-26-22(16)28)27-23(30)21-12-17-10-18(24)2-3-20(17)29(21)14-15-4-7-25-8-5-15/h2-13H,14H2,1H3,(H,27,30). The molecule has 0 radical (unpaired) electrons. The van der Waals surface area contributed by atoms with E-state index in [-0.39, 0.29) is 11.7 Å². The second-order valence-corrected chi connectivity index (χ2v) is 7.19. The molecule has 0 aliphatic carbocycles. The van der Waals surface area contributed by atoms with Gasteiger partial charge < -0.3 is 14.5 Å². The van der Waals surface area contributed by atoms with Crippen molar-refractivity contribution in [1.82, 2.24) is 19.1 Å². The van der Waals surface area contributed by atoms with E-state index in [1.54, 1.807) is 30.7 Å². The van der Waals surface area contributed by atoms with Crippen LogP contribution in [0, 0.1) is 5.82 Å². The summed E-state index contributed by atoms with van der Waals surface area (Å²) in [5, 5.41) is 4.54. The van der Waals surface area contributed by atoms with Crippen LogP contribution in [0.1, 0.15) is 16.1 Å². The van der Waals surface area contributed by atoms with Gasteiger partial charge in [0.05, 0.1) is 11.9 Å². The lowest BCUT2D eigenvalue weighted by Gasteiger charge is -2.11. The summed E-state index contributed by atoms with van der Waals surface area (Å²) in [6.45, 7) is 0.469. The van der Waals surface area contributed by atoms with Crippen LogP contribution in [0.15, 0.2) is 73.3 Å². The number of nitrogens with one attached hydrogen (secondary N) is 1. The van der Waals surface area contributed by atoms with E-state index in [4.69, 9.17) is 0 Å². The Bertz CT molecular complexity index is 1390. The topological polar surface area (TPSA) is 64.7 Å². The Balaban J connectivity index is 1.54. The number of carbonyl (C=O) groups excluding carboxylic acids is 1. The highest BCUT2D eigenvalue weighted by Crippen LogP contribution is 2.24. The van der Waals surface area contributed by atoms with Crippen LogP contribution < -0.4 is 5.32 Å². The van der Waals surface area contributed by atoms with Gasteiger partial charge in [-0.15, -0.1) is 0 Å². The fourth-order valence-electron chi connectivity index (χ4n) is 3.69. The summed E-state index contributed by atoms with van der Waals surface area (Å²) in [6, 6.07) is 13.9. The lowest BCUT2D eigenvalue weighted by Crippen LogP contribution is -2.17. The summed E-state index contributed by atoms with van der Waals surface area (Å²) in [4.78, 5) is 21.6. The number of aromatic nitrogens is 4. The number of pyridine rings is 2. The number of anilines is 1. The molecule has 0 unspecified atom stereocenters. The van der Waals surface area contributed by atoms with E-state index in [2.05, 4.69) is 15.3 Å². The van der Waals surface area contributed by atoms with Crippen LogP contribution in [-0.2, 0) is 13.6 Å². The lowest BCUT2D eigenvalue weighted by molar-refractivity contribution is 0.101. The minimum absolute atomic E-state index is 0.280. The van der Waals surface area contributed by atoms with E-state index in [9.17, 15) is 9.18 Å². The average Bonchev–Trinajstić information content (AvgIpc) is 3.29. The number of amides is 1. The maximum atomic E-state index is 13.8. The molecule has 4 heterocycles. The zero-order valence-electron chi connectivity index (χ0n) is 16.2. The van der Waals surface area contributed by atoms with Crippen molar-refractivity contribution >= 4 is 33.5 Å². The van der Waals surface area contributed by atoms with E-state index in [1.807, 2.05) is 46.6 Å². The molecule has 5 rings (SSSR count). The van der Waals surface area contributed by atoms with E-state index in [0.717, 1.165) is 22.1 Å². The van der Waals surface area contributed by atoms with Crippen molar-refractivity contribution < 1.29 is 9.18 Å². The molecule has 7 heteroatoms. The predicted molar refractivity (Wildman–Crippen MR) is 114 cm³/mol. The molecule has 6 nitrogen and oxygen atoms in total. The van der Waals surface area contributed by atoms with Gasteiger partial charge in [-0.2, -0.15) is 0 Å². The first-order valence-corrected chi connectivity index (χ1v) is 9.48. The lowest BCUT2D eigenvalue weighted by atomic mass is 10.2. The molecule has 0 saturated heterocycles. The number of halogens is 1. The molecule has 0 fully saturated rings. The SMILES string of the molecule is Cn1ccc2cc(NC(=O)c3cc4cc(F)ccc4n3Cc3ccncc3)cnc21. The maximum absolute atomic E-state index is 13.8. The van der Waals surface area contributed by atoms with Gasteiger partial charge >= 0.3 is 0 Å². The third kappa shape index (κ3) is 3.20.